The molecule has 1 aromatic heterocycles. The van der Waals surface area contributed by atoms with Gasteiger partial charge in [-0.05, 0) is 41.6 Å². The molecule has 1 fully saturated rings. The molecule has 0 aliphatic carbocycles. The Hall–Kier alpha value is -0.0700. The number of ether oxygens (including phenoxy) is 1. The number of hydrogen-bond acceptors (Lipinski definition) is 3. The van der Waals surface area contributed by atoms with Crippen LogP contribution in [0.2, 0.25) is 5.15 Å². The molecule has 1 aromatic rings. The molecule has 0 N–H and O–H groups in total. The van der Waals surface area contributed by atoms with Crippen molar-refractivity contribution < 1.29 is 4.74 Å². The van der Waals surface area contributed by atoms with E-state index in [0.717, 1.165) is 29.1 Å². The first-order chi connectivity index (χ1) is 7.16. The summed E-state index contributed by atoms with van der Waals surface area (Å²) in [5, 5.41) is 0.551. The second-order valence-corrected chi connectivity index (χ2v) is 5.22. The first-order valence-corrected chi connectivity index (χ1v) is 6.30. The van der Waals surface area contributed by atoms with Crippen molar-refractivity contribution in [1.29, 1.82) is 0 Å². The minimum atomic E-state index is 0.362. The molecule has 1 unspecified atom stereocenters. The number of halogens is 2. The predicted octanol–water partition coefficient (Wildman–Crippen LogP) is 2.56. The SMILES string of the molecule is CC1COCCN1c1cc(I)cc(Cl)n1. The lowest BCUT2D eigenvalue weighted by Crippen LogP contribution is -2.44. The maximum Gasteiger partial charge on any atom is 0.132 e. The lowest BCUT2D eigenvalue weighted by Gasteiger charge is -2.34. The van der Waals surface area contributed by atoms with Gasteiger partial charge in [-0.3, -0.25) is 0 Å². The van der Waals surface area contributed by atoms with Crippen LogP contribution < -0.4 is 4.90 Å². The van der Waals surface area contributed by atoms with E-state index in [-0.39, 0.29) is 0 Å². The summed E-state index contributed by atoms with van der Waals surface area (Å²) in [6.45, 7) is 4.53. The van der Waals surface area contributed by atoms with Crippen molar-refractivity contribution in [3.63, 3.8) is 0 Å². The standard InChI is InChI=1S/C10H12ClIN2O/c1-7-6-15-3-2-14(7)10-5-8(12)4-9(11)13-10/h4-5,7H,2-3,6H2,1H3. The molecule has 0 bridgehead atoms. The fourth-order valence-corrected chi connectivity index (χ4v) is 2.63. The average Bonchev–Trinajstić information content (AvgIpc) is 2.16. The van der Waals surface area contributed by atoms with E-state index in [4.69, 9.17) is 16.3 Å². The van der Waals surface area contributed by atoms with Crippen molar-refractivity contribution >= 4 is 40.0 Å². The third-order valence-electron chi connectivity index (χ3n) is 2.41. The third-order valence-corrected chi connectivity index (χ3v) is 3.22. The Kier molecular flexibility index (Phi) is 3.69. The van der Waals surface area contributed by atoms with Gasteiger partial charge in [0.15, 0.2) is 0 Å². The number of rotatable bonds is 1. The van der Waals surface area contributed by atoms with Gasteiger partial charge in [0.2, 0.25) is 0 Å². The summed E-state index contributed by atoms with van der Waals surface area (Å²) in [5.74, 6) is 0.947. The molecule has 0 amide bonds. The van der Waals surface area contributed by atoms with E-state index in [1.165, 1.54) is 0 Å². The fourth-order valence-electron chi connectivity index (χ4n) is 1.67. The van der Waals surface area contributed by atoms with Gasteiger partial charge in [0.05, 0.1) is 19.3 Å². The lowest BCUT2D eigenvalue weighted by atomic mass is 10.2. The summed E-state index contributed by atoms with van der Waals surface area (Å²) >= 11 is 8.20. The summed E-state index contributed by atoms with van der Waals surface area (Å²) in [6, 6.07) is 4.27. The van der Waals surface area contributed by atoms with Gasteiger partial charge in [0, 0.05) is 10.1 Å². The third kappa shape index (κ3) is 2.73. The van der Waals surface area contributed by atoms with Crippen LogP contribution in [0.15, 0.2) is 12.1 Å². The molecule has 1 saturated heterocycles. The molecule has 2 rings (SSSR count). The lowest BCUT2D eigenvalue weighted by molar-refractivity contribution is 0.0985. The van der Waals surface area contributed by atoms with E-state index >= 15 is 0 Å². The van der Waals surface area contributed by atoms with Crippen LogP contribution in [-0.2, 0) is 4.74 Å². The van der Waals surface area contributed by atoms with E-state index in [1.54, 1.807) is 0 Å². The molecule has 1 aliphatic rings. The number of anilines is 1. The number of pyridine rings is 1. The van der Waals surface area contributed by atoms with Crippen molar-refractivity contribution in [1.82, 2.24) is 4.98 Å². The van der Waals surface area contributed by atoms with Crippen LogP contribution in [-0.4, -0.2) is 30.8 Å². The second kappa shape index (κ2) is 4.84. The van der Waals surface area contributed by atoms with Gasteiger partial charge in [0.25, 0.3) is 0 Å². The molecular weight excluding hydrogens is 326 g/mol. The van der Waals surface area contributed by atoms with Gasteiger partial charge in [-0.1, -0.05) is 11.6 Å². The zero-order valence-electron chi connectivity index (χ0n) is 8.41. The van der Waals surface area contributed by atoms with Gasteiger partial charge < -0.3 is 9.64 Å². The Morgan fingerprint density at radius 1 is 1.60 bits per heavy atom. The second-order valence-electron chi connectivity index (χ2n) is 3.58. The molecule has 3 nitrogen and oxygen atoms in total. The Labute approximate surface area is 108 Å². The number of hydrogen-bond donors (Lipinski definition) is 0. The van der Waals surface area contributed by atoms with Gasteiger partial charge in [0.1, 0.15) is 11.0 Å². The Balaban J connectivity index is 2.27. The summed E-state index contributed by atoms with van der Waals surface area (Å²) in [4.78, 5) is 6.57. The van der Waals surface area contributed by atoms with Crippen LogP contribution in [0.4, 0.5) is 5.82 Å². The molecule has 5 heteroatoms. The van der Waals surface area contributed by atoms with Crippen LogP contribution in [0.3, 0.4) is 0 Å². The quantitative estimate of drug-likeness (QED) is 0.581. The summed E-state index contributed by atoms with van der Waals surface area (Å²) in [5.41, 5.74) is 0. The topological polar surface area (TPSA) is 25.4 Å². The minimum Gasteiger partial charge on any atom is -0.377 e. The number of nitrogens with zero attached hydrogens (tertiary/aromatic N) is 2. The molecule has 0 radical (unpaired) electrons. The maximum atomic E-state index is 5.94. The zero-order valence-corrected chi connectivity index (χ0v) is 11.3. The Morgan fingerprint density at radius 3 is 3.07 bits per heavy atom. The first kappa shape index (κ1) is 11.4. The predicted molar refractivity (Wildman–Crippen MR) is 69.6 cm³/mol. The molecule has 15 heavy (non-hydrogen) atoms. The van der Waals surface area contributed by atoms with E-state index < -0.39 is 0 Å². The number of morpholine rings is 1. The van der Waals surface area contributed by atoms with Crippen LogP contribution in [0.25, 0.3) is 0 Å². The molecule has 82 valence electrons. The summed E-state index contributed by atoms with van der Waals surface area (Å²) in [6.07, 6.45) is 0. The van der Waals surface area contributed by atoms with Gasteiger partial charge >= 0.3 is 0 Å². The van der Waals surface area contributed by atoms with Crippen molar-refractivity contribution in [2.45, 2.75) is 13.0 Å². The van der Waals surface area contributed by atoms with Gasteiger partial charge in [-0.15, -0.1) is 0 Å². The van der Waals surface area contributed by atoms with E-state index in [9.17, 15) is 0 Å². The van der Waals surface area contributed by atoms with Crippen molar-refractivity contribution in [3.05, 3.63) is 20.9 Å². The first-order valence-electron chi connectivity index (χ1n) is 4.84. The Bertz CT molecular complexity index is 341. The fraction of sp³-hybridized carbons (Fsp3) is 0.500. The normalized spacial score (nSPS) is 21.8. The molecule has 2 heterocycles. The van der Waals surface area contributed by atoms with Crippen LogP contribution in [0.1, 0.15) is 6.92 Å². The maximum absolute atomic E-state index is 5.94. The summed E-state index contributed by atoms with van der Waals surface area (Å²) < 4.78 is 6.50. The minimum absolute atomic E-state index is 0.362. The monoisotopic (exact) mass is 338 g/mol. The average molecular weight is 339 g/mol. The van der Waals surface area contributed by atoms with E-state index in [0.29, 0.717) is 11.2 Å². The highest BCUT2D eigenvalue weighted by Gasteiger charge is 2.20. The molecule has 1 atom stereocenters. The van der Waals surface area contributed by atoms with E-state index in [2.05, 4.69) is 39.4 Å². The van der Waals surface area contributed by atoms with Crippen molar-refractivity contribution in [2.24, 2.45) is 0 Å². The van der Waals surface area contributed by atoms with Crippen LogP contribution >= 0.6 is 34.2 Å². The Morgan fingerprint density at radius 2 is 2.40 bits per heavy atom. The largest absolute Gasteiger partial charge is 0.377 e. The molecule has 0 aromatic carbocycles. The van der Waals surface area contributed by atoms with Gasteiger partial charge in [-0.2, -0.15) is 0 Å². The highest BCUT2D eigenvalue weighted by molar-refractivity contribution is 14.1. The molecule has 0 spiro atoms. The van der Waals surface area contributed by atoms with Crippen molar-refractivity contribution in [2.75, 3.05) is 24.7 Å². The van der Waals surface area contributed by atoms with Crippen LogP contribution in [0.5, 0.6) is 0 Å². The van der Waals surface area contributed by atoms with Crippen LogP contribution in [0, 0.1) is 3.57 Å². The molecule has 0 saturated carbocycles. The highest BCUT2D eigenvalue weighted by atomic mass is 127. The van der Waals surface area contributed by atoms with Crippen molar-refractivity contribution in [3.8, 4) is 0 Å². The van der Waals surface area contributed by atoms with Gasteiger partial charge in [-0.25, -0.2) is 4.98 Å². The summed E-state index contributed by atoms with van der Waals surface area (Å²) in [7, 11) is 0. The number of aromatic nitrogens is 1. The molecule has 1 aliphatic heterocycles. The zero-order chi connectivity index (χ0) is 10.8. The molecular formula is C10H12ClIN2O. The van der Waals surface area contributed by atoms with E-state index in [1.807, 2.05) is 12.1 Å². The highest BCUT2D eigenvalue weighted by Crippen LogP contribution is 2.22. The smallest absolute Gasteiger partial charge is 0.132 e.